The zero-order valence-corrected chi connectivity index (χ0v) is 12.8. The van der Waals surface area contributed by atoms with Crippen LogP contribution < -0.4 is 5.32 Å². The molecule has 1 unspecified atom stereocenters. The summed E-state index contributed by atoms with van der Waals surface area (Å²) in [6.45, 7) is 7.25. The van der Waals surface area contributed by atoms with Crippen molar-refractivity contribution < 1.29 is 9.47 Å². The quantitative estimate of drug-likeness (QED) is 0.851. The fourth-order valence-corrected chi connectivity index (χ4v) is 4.43. The molecule has 0 radical (unpaired) electrons. The smallest absolute Gasteiger partial charge is 0.0851 e. The molecular formula is C14H27NO2S. The third kappa shape index (κ3) is 3.41. The summed E-state index contributed by atoms with van der Waals surface area (Å²) in [6, 6.07) is 0.484. The largest absolute Gasteiger partial charge is 0.384 e. The van der Waals surface area contributed by atoms with Gasteiger partial charge in [-0.2, -0.15) is 11.8 Å². The molecule has 0 aromatic rings. The first kappa shape index (κ1) is 14.6. The Bertz CT molecular complexity index is 256. The lowest BCUT2D eigenvalue weighted by Crippen LogP contribution is -2.60. The highest BCUT2D eigenvalue weighted by Gasteiger charge is 2.44. The number of morpholine rings is 1. The zero-order chi connectivity index (χ0) is 13.1. The lowest BCUT2D eigenvalue weighted by Gasteiger charge is -2.48. The van der Waals surface area contributed by atoms with Crippen molar-refractivity contribution >= 4 is 11.8 Å². The van der Waals surface area contributed by atoms with E-state index in [9.17, 15) is 0 Å². The van der Waals surface area contributed by atoms with E-state index in [1.54, 1.807) is 7.11 Å². The van der Waals surface area contributed by atoms with Crippen molar-refractivity contribution in [1.82, 2.24) is 5.32 Å². The van der Waals surface area contributed by atoms with Crippen LogP contribution in [0.2, 0.25) is 0 Å². The lowest BCUT2D eigenvalue weighted by atomic mass is 9.76. The average molecular weight is 273 g/mol. The van der Waals surface area contributed by atoms with Crippen LogP contribution in [0.1, 0.15) is 33.1 Å². The molecule has 2 heterocycles. The number of hydrogen-bond donors (Lipinski definition) is 1. The number of rotatable bonds is 4. The van der Waals surface area contributed by atoms with E-state index in [1.165, 1.54) is 24.3 Å². The van der Waals surface area contributed by atoms with Gasteiger partial charge >= 0.3 is 0 Å². The average Bonchev–Trinajstić information content (AvgIpc) is 2.33. The Balaban J connectivity index is 2.03. The van der Waals surface area contributed by atoms with Crippen LogP contribution in [0.25, 0.3) is 0 Å². The van der Waals surface area contributed by atoms with E-state index in [2.05, 4.69) is 30.9 Å². The molecule has 18 heavy (non-hydrogen) atoms. The molecule has 0 aromatic carbocycles. The highest BCUT2D eigenvalue weighted by molar-refractivity contribution is 7.99. The van der Waals surface area contributed by atoms with Crippen molar-refractivity contribution in [2.45, 2.75) is 44.8 Å². The second-order valence-corrected chi connectivity index (χ2v) is 7.56. The first-order valence-corrected chi connectivity index (χ1v) is 8.18. The van der Waals surface area contributed by atoms with Crippen molar-refractivity contribution in [3.8, 4) is 0 Å². The number of thioether (sulfide) groups is 1. The molecule has 2 rings (SSSR count). The topological polar surface area (TPSA) is 30.5 Å². The van der Waals surface area contributed by atoms with Gasteiger partial charge in [0.05, 0.1) is 18.8 Å². The van der Waals surface area contributed by atoms with Crippen LogP contribution in [0, 0.1) is 5.41 Å². The molecule has 2 saturated heterocycles. The molecule has 1 spiro atoms. The second kappa shape index (κ2) is 6.12. The molecule has 106 valence electrons. The van der Waals surface area contributed by atoms with Crippen LogP contribution in [0.3, 0.4) is 0 Å². The number of ether oxygens (including phenoxy) is 2. The fourth-order valence-electron chi connectivity index (χ4n) is 3.24. The standard InChI is InChI=1S/C14H27NO2S/c1-13(2,11-16-3)10-12-14(17-7-6-15-12)4-8-18-9-5-14/h12,15H,4-11H2,1-3H3. The van der Waals surface area contributed by atoms with Gasteiger partial charge in [-0.25, -0.2) is 0 Å². The molecule has 1 atom stereocenters. The van der Waals surface area contributed by atoms with Gasteiger partial charge in [0.15, 0.2) is 0 Å². The first-order chi connectivity index (χ1) is 8.58. The maximum absolute atomic E-state index is 6.23. The third-order valence-corrected chi connectivity index (χ3v) is 5.13. The monoisotopic (exact) mass is 273 g/mol. The molecular weight excluding hydrogens is 246 g/mol. The van der Waals surface area contributed by atoms with Crippen LogP contribution in [0.4, 0.5) is 0 Å². The third-order valence-electron chi connectivity index (χ3n) is 4.15. The van der Waals surface area contributed by atoms with E-state index in [0.717, 1.165) is 26.2 Å². The molecule has 2 fully saturated rings. The molecule has 3 nitrogen and oxygen atoms in total. The van der Waals surface area contributed by atoms with Crippen molar-refractivity contribution in [3.05, 3.63) is 0 Å². The minimum atomic E-state index is 0.0918. The van der Waals surface area contributed by atoms with Gasteiger partial charge in [0.2, 0.25) is 0 Å². The lowest BCUT2D eigenvalue weighted by molar-refractivity contribution is -0.112. The van der Waals surface area contributed by atoms with Crippen molar-refractivity contribution in [3.63, 3.8) is 0 Å². The van der Waals surface area contributed by atoms with E-state index >= 15 is 0 Å². The summed E-state index contributed by atoms with van der Waals surface area (Å²) in [6.07, 6.45) is 3.52. The normalized spacial score (nSPS) is 28.5. The Morgan fingerprint density at radius 2 is 2.11 bits per heavy atom. The second-order valence-electron chi connectivity index (χ2n) is 6.33. The van der Waals surface area contributed by atoms with Crippen LogP contribution in [-0.2, 0) is 9.47 Å². The van der Waals surface area contributed by atoms with Gasteiger partial charge < -0.3 is 14.8 Å². The van der Waals surface area contributed by atoms with Gasteiger partial charge in [0.25, 0.3) is 0 Å². The Hall–Kier alpha value is 0.230. The van der Waals surface area contributed by atoms with E-state index < -0.39 is 0 Å². The Morgan fingerprint density at radius 3 is 2.78 bits per heavy atom. The summed E-state index contributed by atoms with van der Waals surface area (Å²) in [4.78, 5) is 0. The number of hydrogen-bond acceptors (Lipinski definition) is 4. The number of nitrogens with one attached hydrogen (secondary N) is 1. The first-order valence-electron chi connectivity index (χ1n) is 7.02. The van der Waals surface area contributed by atoms with Crippen molar-refractivity contribution in [2.75, 3.05) is 38.4 Å². The molecule has 1 N–H and O–H groups in total. The Morgan fingerprint density at radius 1 is 1.39 bits per heavy atom. The summed E-state index contributed by atoms with van der Waals surface area (Å²) in [5, 5.41) is 3.70. The maximum atomic E-state index is 6.23. The molecule has 0 bridgehead atoms. The number of methoxy groups -OCH3 is 1. The van der Waals surface area contributed by atoms with E-state index in [1.807, 2.05) is 0 Å². The molecule has 0 aromatic heterocycles. The van der Waals surface area contributed by atoms with Gasteiger partial charge in [-0.3, -0.25) is 0 Å². The zero-order valence-electron chi connectivity index (χ0n) is 12.0. The fraction of sp³-hybridized carbons (Fsp3) is 1.00. The van der Waals surface area contributed by atoms with Gasteiger partial charge in [-0.1, -0.05) is 13.8 Å². The van der Waals surface area contributed by atoms with Gasteiger partial charge in [0.1, 0.15) is 0 Å². The SMILES string of the molecule is COCC(C)(C)CC1NCCOC12CCSCC2. The molecule has 2 aliphatic rings. The maximum Gasteiger partial charge on any atom is 0.0851 e. The van der Waals surface area contributed by atoms with E-state index in [0.29, 0.717) is 6.04 Å². The van der Waals surface area contributed by atoms with Crippen LogP contribution >= 0.6 is 11.8 Å². The van der Waals surface area contributed by atoms with Crippen molar-refractivity contribution in [1.29, 1.82) is 0 Å². The highest BCUT2D eigenvalue weighted by Crippen LogP contribution is 2.39. The Labute approximate surface area is 115 Å². The summed E-state index contributed by atoms with van der Waals surface area (Å²) < 4.78 is 11.6. The minimum Gasteiger partial charge on any atom is -0.384 e. The van der Waals surface area contributed by atoms with Crippen molar-refractivity contribution in [2.24, 2.45) is 5.41 Å². The summed E-state index contributed by atoms with van der Waals surface area (Å²) in [5.41, 5.74) is 0.305. The summed E-state index contributed by atoms with van der Waals surface area (Å²) in [7, 11) is 1.79. The van der Waals surface area contributed by atoms with Crippen LogP contribution in [-0.4, -0.2) is 50.0 Å². The van der Waals surface area contributed by atoms with Gasteiger partial charge in [0, 0.05) is 19.7 Å². The van der Waals surface area contributed by atoms with E-state index in [-0.39, 0.29) is 11.0 Å². The summed E-state index contributed by atoms with van der Waals surface area (Å²) >= 11 is 2.06. The molecule has 0 amide bonds. The highest BCUT2D eigenvalue weighted by atomic mass is 32.2. The predicted molar refractivity (Wildman–Crippen MR) is 77.3 cm³/mol. The van der Waals surface area contributed by atoms with Gasteiger partial charge in [-0.05, 0) is 36.2 Å². The summed E-state index contributed by atoms with van der Waals surface area (Å²) in [5.74, 6) is 2.48. The molecule has 2 aliphatic heterocycles. The molecule has 0 saturated carbocycles. The Kier molecular flexibility index (Phi) is 4.98. The van der Waals surface area contributed by atoms with E-state index in [4.69, 9.17) is 9.47 Å². The van der Waals surface area contributed by atoms with Gasteiger partial charge in [-0.15, -0.1) is 0 Å². The van der Waals surface area contributed by atoms with Crippen LogP contribution in [0.5, 0.6) is 0 Å². The molecule has 0 aliphatic carbocycles. The molecule has 4 heteroatoms. The minimum absolute atomic E-state index is 0.0918. The van der Waals surface area contributed by atoms with Crippen LogP contribution in [0.15, 0.2) is 0 Å². The predicted octanol–water partition coefficient (Wildman–Crippen LogP) is 2.30.